The van der Waals surface area contributed by atoms with E-state index in [1.165, 1.54) is 10.4 Å². The smallest absolute Gasteiger partial charge is 0.259 e. The van der Waals surface area contributed by atoms with Crippen LogP contribution >= 0.6 is 34.0 Å². The summed E-state index contributed by atoms with van der Waals surface area (Å²) in [7, 11) is 0. The Bertz CT molecular complexity index is 1700. The van der Waals surface area contributed by atoms with Crippen molar-refractivity contribution in [1.82, 2.24) is 15.2 Å². The zero-order valence-corrected chi connectivity index (χ0v) is 24.0. The number of thiazole rings is 1. The first-order valence-corrected chi connectivity index (χ1v) is 16.1. The summed E-state index contributed by atoms with van der Waals surface area (Å²) in [5, 5.41) is 22.1. The summed E-state index contributed by atoms with van der Waals surface area (Å²) in [4.78, 5) is 6.10. The molecule has 0 fully saturated rings. The highest BCUT2D eigenvalue weighted by atomic mass is 32.2. The number of hydrogen-bond donors (Lipinski definition) is 3. The SMILES string of the molecule is O=S(O)Nc1ccc(C[C@H](Nc2nnc(CC3C=c4ccccc4=CC3)s2)c2csc(-c3cccs3)n2)cc1. The number of rotatable bonds is 10. The van der Waals surface area contributed by atoms with Crippen LogP contribution in [0.15, 0.2) is 71.4 Å². The van der Waals surface area contributed by atoms with Gasteiger partial charge in [0.2, 0.25) is 5.13 Å². The van der Waals surface area contributed by atoms with Crippen LogP contribution in [0.1, 0.15) is 28.7 Å². The summed E-state index contributed by atoms with van der Waals surface area (Å²) in [5.74, 6) is 0.406. The topological polar surface area (TPSA) is 100 Å². The van der Waals surface area contributed by atoms with E-state index in [-0.39, 0.29) is 6.04 Å². The lowest BCUT2D eigenvalue weighted by Gasteiger charge is -2.16. The van der Waals surface area contributed by atoms with E-state index in [1.807, 2.05) is 18.2 Å². The molecule has 0 radical (unpaired) electrons. The molecule has 0 saturated carbocycles. The van der Waals surface area contributed by atoms with E-state index in [0.29, 0.717) is 18.0 Å². The van der Waals surface area contributed by atoms with Crippen molar-refractivity contribution in [3.05, 3.63) is 98.1 Å². The molecule has 0 saturated heterocycles. The molecule has 1 aliphatic rings. The number of thiophene rings is 1. The first-order valence-electron chi connectivity index (χ1n) is 12.4. The fourth-order valence-corrected chi connectivity index (χ4v) is 7.50. The summed E-state index contributed by atoms with van der Waals surface area (Å²) in [6.07, 6.45) is 7.19. The Balaban J connectivity index is 1.20. The molecule has 3 atom stereocenters. The average Bonchev–Trinajstić information content (AvgIpc) is 3.71. The second kappa shape index (κ2) is 11.9. The monoisotopic (exact) mass is 591 g/mol. The van der Waals surface area contributed by atoms with Crippen molar-refractivity contribution in [2.45, 2.75) is 25.3 Å². The minimum atomic E-state index is -2.10. The predicted octanol–water partition coefficient (Wildman–Crippen LogP) is 5.49. The molecule has 6 rings (SSSR count). The van der Waals surface area contributed by atoms with E-state index in [0.717, 1.165) is 44.1 Å². The van der Waals surface area contributed by atoms with Crippen molar-refractivity contribution in [3.8, 4) is 9.88 Å². The van der Waals surface area contributed by atoms with Gasteiger partial charge < -0.3 is 5.32 Å². The molecular formula is C28H25N5O2S4. The first kappa shape index (κ1) is 26.0. The largest absolute Gasteiger partial charge is 0.351 e. The van der Waals surface area contributed by atoms with Gasteiger partial charge in [0, 0.05) is 17.5 Å². The molecule has 11 heteroatoms. The predicted molar refractivity (Wildman–Crippen MR) is 163 cm³/mol. The minimum Gasteiger partial charge on any atom is -0.351 e. The molecule has 0 bridgehead atoms. The summed E-state index contributed by atoms with van der Waals surface area (Å²) >= 11 is 2.81. The van der Waals surface area contributed by atoms with Crippen LogP contribution in [0.2, 0.25) is 0 Å². The molecule has 2 unspecified atom stereocenters. The van der Waals surface area contributed by atoms with E-state index in [4.69, 9.17) is 9.54 Å². The third-order valence-corrected chi connectivity index (χ3v) is 9.65. The van der Waals surface area contributed by atoms with Crippen molar-refractivity contribution in [1.29, 1.82) is 0 Å². The highest BCUT2D eigenvalue weighted by Crippen LogP contribution is 2.33. The summed E-state index contributed by atoms with van der Waals surface area (Å²) < 4.78 is 22.7. The van der Waals surface area contributed by atoms with Gasteiger partial charge in [-0.15, -0.1) is 32.9 Å². The van der Waals surface area contributed by atoms with E-state index in [9.17, 15) is 4.21 Å². The number of benzene rings is 2. The van der Waals surface area contributed by atoms with E-state index in [1.54, 1.807) is 46.1 Å². The summed E-state index contributed by atoms with van der Waals surface area (Å²) in [6, 6.07) is 20.0. The van der Waals surface area contributed by atoms with Gasteiger partial charge in [-0.2, -0.15) is 0 Å². The second-order valence-corrected chi connectivity index (χ2v) is 12.8. The van der Waals surface area contributed by atoms with Crippen LogP contribution in [0.25, 0.3) is 22.0 Å². The Hall–Kier alpha value is -3.22. The molecule has 0 spiro atoms. The van der Waals surface area contributed by atoms with Crippen molar-refractivity contribution in [2.75, 3.05) is 10.0 Å². The maximum absolute atomic E-state index is 11.1. The molecule has 0 aliphatic heterocycles. The lowest BCUT2D eigenvalue weighted by Crippen LogP contribution is -2.28. The van der Waals surface area contributed by atoms with E-state index >= 15 is 0 Å². The fourth-order valence-electron chi connectivity index (χ4n) is 4.59. The summed E-state index contributed by atoms with van der Waals surface area (Å²) in [5.41, 5.74) is 2.61. The highest BCUT2D eigenvalue weighted by molar-refractivity contribution is 7.80. The van der Waals surface area contributed by atoms with Gasteiger partial charge >= 0.3 is 0 Å². The molecular weight excluding hydrogens is 567 g/mol. The Morgan fingerprint density at radius 3 is 2.67 bits per heavy atom. The average molecular weight is 592 g/mol. The van der Waals surface area contributed by atoms with Crippen LogP contribution in [0.5, 0.6) is 0 Å². The number of fused-ring (bicyclic) bond motifs is 1. The molecule has 3 heterocycles. The standard InChI is InChI=1S/C28H25N5O2S4/c34-39(35)33-22-11-8-18(9-12-22)15-23(24-17-37-27(29-24)25-6-3-13-36-25)30-28-32-31-26(38-28)16-19-7-10-20-4-1-2-5-21(20)14-19/h1-6,8-14,17,19,23,33H,7,15-16H2,(H,30,32)(H,34,35)/t19?,23-/m0/s1. The molecule has 5 aromatic rings. The molecule has 1 aliphatic carbocycles. The van der Waals surface area contributed by atoms with Crippen molar-refractivity contribution in [3.63, 3.8) is 0 Å². The molecule has 3 aromatic heterocycles. The minimum absolute atomic E-state index is 0.108. The van der Waals surface area contributed by atoms with Crippen LogP contribution in [0.3, 0.4) is 0 Å². The molecule has 2 aromatic carbocycles. The van der Waals surface area contributed by atoms with Gasteiger partial charge in [-0.3, -0.25) is 9.27 Å². The lowest BCUT2D eigenvalue weighted by atomic mass is 9.95. The molecule has 39 heavy (non-hydrogen) atoms. The van der Waals surface area contributed by atoms with Gasteiger partial charge in [0.15, 0.2) is 0 Å². The second-order valence-electron chi connectivity index (χ2n) is 9.20. The van der Waals surface area contributed by atoms with Crippen LogP contribution in [-0.2, 0) is 24.1 Å². The fraction of sp³-hybridized carbons (Fsp3) is 0.179. The number of nitrogens with zero attached hydrogens (tertiary/aromatic N) is 3. The first-order chi connectivity index (χ1) is 19.1. The normalized spacial score (nSPS) is 16.0. The van der Waals surface area contributed by atoms with Crippen molar-refractivity contribution >= 4 is 68.2 Å². The molecule has 7 nitrogen and oxygen atoms in total. The number of anilines is 2. The third-order valence-electron chi connectivity index (χ3n) is 6.46. The van der Waals surface area contributed by atoms with Crippen molar-refractivity contribution in [2.24, 2.45) is 5.92 Å². The zero-order valence-electron chi connectivity index (χ0n) is 20.7. The Kier molecular flexibility index (Phi) is 7.93. The van der Waals surface area contributed by atoms with E-state index in [2.05, 4.69) is 73.5 Å². The highest BCUT2D eigenvalue weighted by Gasteiger charge is 2.20. The van der Waals surface area contributed by atoms with Crippen LogP contribution in [-0.4, -0.2) is 23.9 Å². The van der Waals surface area contributed by atoms with Crippen LogP contribution < -0.4 is 20.5 Å². The Labute approximate surface area is 240 Å². The van der Waals surface area contributed by atoms with Crippen molar-refractivity contribution < 1.29 is 8.76 Å². The number of aromatic nitrogens is 3. The van der Waals surface area contributed by atoms with Gasteiger partial charge in [0.25, 0.3) is 11.3 Å². The van der Waals surface area contributed by atoms with Crippen LogP contribution in [0, 0.1) is 5.92 Å². The maximum atomic E-state index is 11.1. The lowest BCUT2D eigenvalue weighted by molar-refractivity contribution is 0.570. The number of hydrogen-bond acceptors (Lipinski definition) is 8. The van der Waals surface area contributed by atoms with Gasteiger partial charge in [-0.25, -0.2) is 9.19 Å². The third kappa shape index (κ3) is 6.51. The van der Waals surface area contributed by atoms with Gasteiger partial charge in [-0.1, -0.05) is 66.0 Å². The van der Waals surface area contributed by atoms with E-state index < -0.39 is 11.3 Å². The Morgan fingerprint density at radius 2 is 1.87 bits per heavy atom. The zero-order chi connectivity index (χ0) is 26.6. The molecule has 198 valence electrons. The Morgan fingerprint density at radius 1 is 1.03 bits per heavy atom. The summed E-state index contributed by atoms with van der Waals surface area (Å²) in [6.45, 7) is 0. The molecule has 0 amide bonds. The molecule has 3 N–H and O–H groups in total. The number of nitrogens with one attached hydrogen (secondary N) is 2. The van der Waals surface area contributed by atoms with Crippen LogP contribution in [0.4, 0.5) is 10.8 Å². The maximum Gasteiger partial charge on any atom is 0.259 e. The van der Waals surface area contributed by atoms with Gasteiger partial charge in [0.05, 0.1) is 16.6 Å². The quantitative estimate of drug-likeness (QED) is 0.186. The van der Waals surface area contributed by atoms with Gasteiger partial charge in [0.1, 0.15) is 10.0 Å². The van der Waals surface area contributed by atoms with Gasteiger partial charge in [-0.05, 0) is 58.3 Å².